The van der Waals surface area contributed by atoms with E-state index in [0.29, 0.717) is 0 Å². The van der Waals surface area contributed by atoms with Gasteiger partial charge in [0.15, 0.2) is 0 Å². The molecule has 76 valence electrons. The van der Waals surface area contributed by atoms with E-state index in [0.717, 1.165) is 5.92 Å². The third-order valence-electron chi connectivity index (χ3n) is 3.16. The molecule has 0 spiro atoms. The Bertz CT molecular complexity index is 338. The number of hydrogen-bond acceptors (Lipinski definition) is 0. The third kappa shape index (κ3) is 1.84. The van der Waals surface area contributed by atoms with Crippen LogP contribution in [0.2, 0.25) is 0 Å². The van der Waals surface area contributed by atoms with Crippen LogP contribution in [0.4, 0.5) is 0 Å². The Morgan fingerprint density at radius 1 is 1.14 bits per heavy atom. The molecule has 0 aliphatic heterocycles. The van der Waals surface area contributed by atoms with Crippen LogP contribution in [0.3, 0.4) is 0 Å². The third-order valence-corrected chi connectivity index (χ3v) is 3.16. The molecule has 0 nitrogen and oxygen atoms in total. The minimum absolute atomic E-state index is 0.289. The van der Waals surface area contributed by atoms with Gasteiger partial charge in [0.25, 0.3) is 0 Å². The van der Waals surface area contributed by atoms with Crippen LogP contribution < -0.4 is 0 Å². The maximum absolute atomic E-state index is 2.42. The van der Waals surface area contributed by atoms with Gasteiger partial charge in [-0.2, -0.15) is 0 Å². The second kappa shape index (κ2) is 3.12. The molecule has 1 aliphatic carbocycles. The Labute approximate surface area is 87.3 Å². The summed E-state index contributed by atoms with van der Waals surface area (Å²) < 4.78 is 0. The van der Waals surface area contributed by atoms with Gasteiger partial charge in [-0.1, -0.05) is 39.0 Å². The molecule has 0 N–H and O–H groups in total. The predicted octanol–water partition coefficient (Wildman–Crippen LogP) is 4.17. The van der Waals surface area contributed by atoms with Gasteiger partial charge < -0.3 is 0 Å². The van der Waals surface area contributed by atoms with Crippen molar-refractivity contribution in [3.8, 4) is 0 Å². The second-order valence-corrected chi connectivity index (χ2v) is 5.60. The zero-order chi connectivity index (χ0) is 10.3. The molecule has 0 atom stereocenters. The highest BCUT2D eigenvalue weighted by Gasteiger charge is 2.26. The van der Waals surface area contributed by atoms with E-state index in [1.54, 1.807) is 5.56 Å². The maximum atomic E-state index is 2.42. The van der Waals surface area contributed by atoms with Gasteiger partial charge in [0.05, 0.1) is 0 Å². The van der Waals surface area contributed by atoms with Crippen LogP contribution in [0.1, 0.15) is 56.2 Å². The predicted molar refractivity (Wildman–Crippen MR) is 61.9 cm³/mol. The summed E-state index contributed by atoms with van der Waals surface area (Å²) in [5.74, 6) is 0.872. The van der Waals surface area contributed by atoms with Crippen LogP contribution in [0, 0.1) is 6.92 Å². The van der Waals surface area contributed by atoms with Crippen molar-refractivity contribution < 1.29 is 0 Å². The highest BCUT2D eigenvalue weighted by Crippen LogP contribution is 2.42. The van der Waals surface area contributed by atoms with Gasteiger partial charge in [-0.25, -0.2) is 0 Å². The molecule has 0 aromatic heterocycles. The molecule has 1 fully saturated rings. The fourth-order valence-electron chi connectivity index (χ4n) is 1.94. The summed E-state index contributed by atoms with van der Waals surface area (Å²) in [6, 6.07) is 6.99. The van der Waals surface area contributed by atoms with Crippen molar-refractivity contribution in [2.75, 3.05) is 0 Å². The van der Waals surface area contributed by atoms with Crippen molar-refractivity contribution >= 4 is 0 Å². The normalized spacial score (nSPS) is 17.1. The first-order valence-corrected chi connectivity index (χ1v) is 5.59. The minimum Gasteiger partial charge on any atom is -0.0587 e. The molecular formula is C14H20. The molecule has 0 bridgehead atoms. The average molecular weight is 188 g/mol. The van der Waals surface area contributed by atoms with Crippen LogP contribution in [0.5, 0.6) is 0 Å². The monoisotopic (exact) mass is 188 g/mol. The average Bonchev–Trinajstić information content (AvgIpc) is 2.85. The Hall–Kier alpha value is -0.780. The Morgan fingerprint density at radius 2 is 1.79 bits per heavy atom. The summed E-state index contributed by atoms with van der Waals surface area (Å²) in [5.41, 5.74) is 4.83. The Morgan fingerprint density at radius 3 is 2.29 bits per heavy atom. The SMILES string of the molecule is Cc1ccc(C(C)(C)C)cc1C1CC1. The summed E-state index contributed by atoms with van der Waals surface area (Å²) in [6.45, 7) is 9.09. The number of benzene rings is 1. The van der Waals surface area contributed by atoms with Crippen molar-refractivity contribution in [2.24, 2.45) is 0 Å². The van der Waals surface area contributed by atoms with Gasteiger partial charge in [0, 0.05) is 0 Å². The van der Waals surface area contributed by atoms with Gasteiger partial charge in [0.2, 0.25) is 0 Å². The Kier molecular flexibility index (Phi) is 2.17. The van der Waals surface area contributed by atoms with Crippen LogP contribution in [-0.4, -0.2) is 0 Å². The van der Waals surface area contributed by atoms with E-state index >= 15 is 0 Å². The van der Waals surface area contributed by atoms with E-state index in [9.17, 15) is 0 Å². The van der Waals surface area contributed by atoms with Gasteiger partial charge in [0.1, 0.15) is 0 Å². The van der Waals surface area contributed by atoms with Gasteiger partial charge >= 0.3 is 0 Å². The van der Waals surface area contributed by atoms with E-state index in [-0.39, 0.29) is 5.41 Å². The standard InChI is InChI=1S/C14H20/c1-10-5-8-12(14(2,3)4)9-13(10)11-6-7-11/h5,8-9,11H,6-7H2,1-4H3. The molecule has 2 rings (SSSR count). The van der Waals surface area contributed by atoms with Crippen molar-refractivity contribution in [2.45, 2.75) is 51.9 Å². The lowest BCUT2D eigenvalue weighted by molar-refractivity contribution is 0.589. The molecule has 0 unspecified atom stereocenters. The molecule has 0 heteroatoms. The molecule has 1 saturated carbocycles. The molecular weight excluding hydrogens is 168 g/mol. The topological polar surface area (TPSA) is 0 Å². The van der Waals surface area contributed by atoms with Crippen molar-refractivity contribution in [3.63, 3.8) is 0 Å². The number of hydrogen-bond donors (Lipinski definition) is 0. The fraction of sp³-hybridized carbons (Fsp3) is 0.571. The van der Waals surface area contributed by atoms with Crippen LogP contribution in [-0.2, 0) is 5.41 Å². The quantitative estimate of drug-likeness (QED) is 0.620. The summed E-state index contributed by atoms with van der Waals surface area (Å²) in [4.78, 5) is 0. The largest absolute Gasteiger partial charge is 0.0587 e. The molecule has 1 aromatic carbocycles. The van der Waals surface area contributed by atoms with Crippen LogP contribution in [0.25, 0.3) is 0 Å². The minimum atomic E-state index is 0.289. The molecule has 0 radical (unpaired) electrons. The van der Waals surface area contributed by atoms with Crippen molar-refractivity contribution in [1.82, 2.24) is 0 Å². The number of aryl methyl sites for hydroxylation is 1. The molecule has 1 aliphatic rings. The summed E-state index contributed by atoms with van der Waals surface area (Å²) in [5, 5.41) is 0. The lowest BCUT2D eigenvalue weighted by Gasteiger charge is -2.20. The highest BCUT2D eigenvalue weighted by molar-refractivity contribution is 5.38. The zero-order valence-electron chi connectivity index (χ0n) is 9.72. The van der Waals surface area contributed by atoms with Crippen molar-refractivity contribution in [1.29, 1.82) is 0 Å². The van der Waals surface area contributed by atoms with Crippen molar-refractivity contribution in [3.05, 3.63) is 34.9 Å². The summed E-state index contributed by atoms with van der Waals surface area (Å²) in [7, 11) is 0. The molecule has 1 aromatic rings. The fourth-order valence-corrected chi connectivity index (χ4v) is 1.94. The maximum Gasteiger partial charge on any atom is -0.0132 e. The van der Waals surface area contributed by atoms with E-state index in [1.807, 2.05) is 0 Å². The first-order valence-electron chi connectivity index (χ1n) is 5.59. The number of rotatable bonds is 1. The first kappa shape index (κ1) is 9.76. The van der Waals surface area contributed by atoms with Crippen LogP contribution in [0.15, 0.2) is 18.2 Å². The van der Waals surface area contributed by atoms with E-state index in [2.05, 4.69) is 45.9 Å². The van der Waals surface area contributed by atoms with E-state index in [4.69, 9.17) is 0 Å². The van der Waals surface area contributed by atoms with Gasteiger partial charge in [-0.15, -0.1) is 0 Å². The molecule has 14 heavy (non-hydrogen) atoms. The van der Waals surface area contributed by atoms with Gasteiger partial charge in [-0.3, -0.25) is 0 Å². The lowest BCUT2D eigenvalue weighted by Crippen LogP contribution is -2.11. The van der Waals surface area contributed by atoms with Gasteiger partial charge in [-0.05, 0) is 47.8 Å². The lowest BCUT2D eigenvalue weighted by atomic mass is 9.84. The molecule has 0 heterocycles. The van der Waals surface area contributed by atoms with E-state index in [1.165, 1.54) is 24.0 Å². The first-order chi connectivity index (χ1) is 6.48. The molecule has 0 saturated heterocycles. The summed E-state index contributed by atoms with van der Waals surface area (Å²) >= 11 is 0. The smallest absolute Gasteiger partial charge is 0.0132 e. The Balaban J connectivity index is 2.40. The summed E-state index contributed by atoms with van der Waals surface area (Å²) in [6.07, 6.45) is 2.79. The second-order valence-electron chi connectivity index (χ2n) is 5.60. The molecule has 0 amide bonds. The van der Waals surface area contributed by atoms with E-state index < -0.39 is 0 Å². The van der Waals surface area contributed by atoms with Crippen LogP contribution >= 0.6 is 0 Å². The zero-order valence-corrected chi connectivity index (χ0v) is 9.72. The highest BCUT2D eigenvalue weighted by atomic mass is 14.3.